The first-order valence-electron chi connectivity index (χ1n) is 7.25. The largest absolute Gasteiger partial charge is 0.447 e. The Morgan fingerprint density at radius 3 is 2.52 bits per heavy atom. The Labute approximate surface area is 127 Å². The Hall–Kier alpha value is -0.890. The van der Waals surface area contributed by atoms with Crippen molar-refractivity contribution >= 4 is 10.0 Å². The summed E-state index contributed by atoms with van der Waals surface area (Å²) in [5.41, 5.74) is 0. The SMILES string of the molecule is CCC(CC)N(CCOC)S(=O)(=O)c1ccc(CNC)o1. The van der Waals surface area contributed by atoms with Crippen molar-refractivity contribution in [2.24, 2.45) is 0 Å². The Morgan fingerprint density at radius 1 is 1.33 bits per heavy atom. The first-order chi connectivity index (χ1) is 10.0. The van der Waals surface area contributed by atoms with Gasteiger partial charge in [0.05, 0.1) is 13.2 Å². The quantitative estimate of drug-likeness (QED) is 0.712. The second-order valence-corrected chi connectivity index (χ2v) is 6.65. The van der Waals surface area contributed by atoms with E-state index >= 15 is 0 Å². The fourth-order valence-corrected chi connectivity index (χ4v) is 3.95. The molecule has 0 saturated carbocycles. The zero-order valence-corrected chi connectivity index (χ0v) is 14.1. The monoisotopic (exact) mass is 318 g/mol. The number of nitrogens with one attached hydrogen (secondary N) is 1. The van der Waals surface area contributed by atoms with Gasteiger partial charge in [-0.2, -0.15) is 4.31 Å². The van der Waals surface area contributed by atoms with Crippen LogP contribution < -0.4 is 5.32 Å². The zero-order valence-electron chi connectivity index (χ0n) is 13.3. The van der Waals surface area contributed by atoms with E-state index in [1.165, 1.54) is 10.4 Å². The maximum absolute atomic E-state index is 12.8. The number of hydrogen-bond acceptors (Lipinski definition) is 5. The third-order valence-electron chi connectivity index (χ3n) is 3.42. The first kappa shape index (κ1) is 18.2. The lowest BCUT2D eigenvalue weighted by atomic mass is 10.2. The van der Waals surface area contributed by atoms with E-state index in [1.54, 1.807) is 20.2 Å². The molecule has 7 heteroatoms. The van der Waals surface area contributed by atoms with E-state index < -0.39 is 10.0 Å². The lowest BCUT2D eigenvalue weighted by Crippen LogP contribution is -2.41. The molecular weight excluding hydrogens is 292 g/mol. The summed E-state index contributed by atoms with van der Waals surface area (Å²) in [5, 5.41) is 2.93. The molecule has 122 valence electrons. The Balaban J connectivity index is 3.06. The maximum atomic E-state index is 12.8. The van der Waals surface area contributed by atoms with Crippen LogP contribution in [0.1, 0.15) is 32.4 Å². The molecule has 21 heavy (non-hydrogen) atoms. The fraction of sp³-hybridized carbons (Fsp3) is 0.714. The molecule has 0 radical (unpaired) electrons. The number of sulfonamides is 1. The molecule has 1 rings (SSSR count). The van der Waals surface area contributed by atoms with E-state index in [0.29, 0.717) is 25.5 Å². The molecule has 0 fully saturated rings. The van der Waals surface area contributed by atoms with Crippen LogP contribution in [-0.4, -0.2) is 46.1 Å². The number of furan rings is 1. The van der Waals surface area contributed by atoms with Gasteiger partial charge in [-0.05, 0) is 32.0 Å². The predicted octanol–water partition coefficient (Wildman–Crippen LogP) is 1.82. The van der Waals surface area contributed by atoms with Gasteiger partial charge in [0.2, 0.25) is 5.09 Å². The number of ether oxygens (including phenoxy) is 1. The van der Waals surface area contributed by atoms with Crippen LogP contribution in [-0.2, 0) is 21.3 Å². The van der Waals surface area contributed by atoms with Gasteiger partial charge in [0, 0.05) is 19.7 Å². The highest BCUT2D eigenvalue weighted by atomic mass is 32.2. The number of nitrogens with zero attached hydrogens (tertiary/aromatic N) is 1. The average Bonchev–Trinajstić information content (AvgIpc) is 2.93. The van der Waals surface area contributed by atoms with Crippen molar-refractivity contribution in [1.82, 2.24) is 9.62 Å². The third-order valence-corrected chi connectivity index (χ3v) is 5.24. The minimum absolute atomic E-state index is 0.00393. The van der Waals surface area contributed by atoms with Crippen LogP contribution in [0.5, 0.6) is 0 Å². The van der Waals surface area contributed by atoms with E-state index in [2.05, 4.69) is 5.32 Å². The molecule has 0 unspecified atom stereocenters. The molecular formula is C14H26N2O4S. The van der Waals surface area contributed by atoms with Crippen LogP contribution in [0.3, 0.4) is 0 Å². The Kier molecular flexibility index (Phi) is 7.37. The molecule has 1 heterocycles. The Morgan fingerprint density at radius 2 is 2.00 bits per heavy atom. The molecule has 0 saturated heterocycles. The van der Waals surface area contributed by atoms with Crippen molar-refractivity contribution in [3.63, 3.8) is 0 Å². The summed E-state index contributed by atoms with van der Waals surface area (Å²) in [6.45, 7) is 5.15. The molecule has 1 aromatic heterocycles. The van der Waals surface area contributed by atoms with Gasteiger partial charge in [-0.15, -0.1) is 0 Å². The molecule has 0 aromatic carbocycles. The fourth-order valence-electron chi connectivity index (χ4n) is 2.26. The summed E-state index contributed by atoms with van der Waals surface area (Å²) >= 11 is 0. The summed E-state index contributed by atoms with van der Waals surface area (Å²) in [5.74, 6) is 0.604. The molecule has 0 bridgehead atoms. The predicted molar refractivity (Wildman–Crippen MR) is 81.6 cm³/mol. The minimum Gasteiger partial charge on any atom is -0.447 e. The molecule has 0 atom stereocenters. The van der Waals surface area contributed by atoms with Crippen molar-refractivity contribution in [1.29, 1.82) is 0 Å². The summed E-state index contributed by atoms with van der Waals surface area (Å²) in [4.78, 5) is 0. The van der Waals surface area contributed by atoms with E-state index in [0.717, 1.165) is 12.8 Å². The van der Waals surface area contributed by atoms with E-state index in [9.17, 15) is 8.42 Å². The van der Waals surface area contributed by atoms with Gasteiger partial charge in [-0.1, -0.05) is 13.8 Å². The van der Waals surface area contributed by atoms with Crippen LogP contribution >= 0.6 is 0 Å². The Bertz CT molecular complexity index is 509. The highest BCUT2D eigenvalue weighted by Gasteiger charge is 2.32. The van der Waals surface area contributed by atoms with Gasteiger partial charge in [0.25, 0.3) is 10.0 Å². The van der Waals surface area contributed by atoms with E-state index in [4.69, 9.17) is 9.15 Å². The van der Waals surface area contributed by atoms with Gasteiger partial charge in [0.1, 0.15) is 5.76 Å². The van der Waals surface area contributed by atoms with Gasteiger partial charge < -0.3 is 14.5 Å². The number of methoxy groups -OCH3 is 1. The van der Waals surface area contributed by atoms with Crippen molar-refractivity contribution in [3.05, 3.63) is 17.9 Å². The number of hydrogen-bond donors (Lipinski definition) is 1. The van der Waals surface area contributed by atoms with Crippen molar-refractivity contribution in [3.8, 4) is 0 Å². The summed E-state index contributed by atoms with van der Waals surface area (Å²) in [6.07, 6.45) is 1.51. The second-order valence-electron chi connectivity index (χ2n) is 4.83. The van der Waals surface area contributed by atoms with Crippen molar-refractivity contribution in [2.75, 3.05) is 27.3 Å². The molecule has 6 nitrogen and oxygen atoms in total. The zero-order chi connectivity index (χ0) is 15.9. The molecule has 0 aliphatic rings. The van der Waals surface area contributed by atoms with E-state index in [1.807, 2.05) is 13.8 Å². The van der Waals surface area contributed by atoms with Gasteiger partial charge in [-0.25, -0.2) is 8.42 Å². The molecule has 0 aliphatic heterocycles. The molecule has 0 amide bonds. The molecule has 0 aliphatic carbocycles. The second kappa shape index (κ2) is 8.53. The van der Waals surface area contributed by atoms with Gasteiger partial charge >= 0.3 is 0 Å². The average molecular weight is 318 g/mol. The van der Waals surface area contributed by atoms with Crippen LogP contribution in [0.4, 0.5) is 0 Å². The van der Waals surface area contributed by atoms with Gasteiger partial charge in [-0.3, -0.25) is 0 Å². The topological polar surface area (TPSA) is 71.8 Å². The smallest absolute Gasteiger partial charge is 0.276 e. The number of rotatable bonds is 10. The van der Waals surface area contributed by atoms with Crippen LogP contribution in [0.15, 0.2) is 21.6 Å². The third kappa shape index (κ3) is 4.54. The summed E-state index contributed by atoms with van der Waals surface area (Å²) < 4.78 is 37.5. The van der Waals surface area contributed by atoms with Gasteiger partial charge in [0.15, 0.2) is 0 Å². The molecule has 1 N–H and O–H groups in total. The lowest BCUT2D eigenvalue weighted by Gasteiger charge is -2.28. The molecule has 1 aromatic rings. The lowest BCUT2D eigenvalue weighted by molar-refractivity contribution is 0.162. The van der Waals surface area contributed by atoms with Crippen molar-refractivity contribution in [2.45, 2.75) is 44.4 Å². The first-order valence-corrected chi connectivity index (χ1v) is 8.69. The normalized spacial score (nSPS) is 12.5. The molecule has 0 spiro atoms. The standard InChI is InChI=1S/C14H26N2O4S/c1-5-12(6-2)16(9-10-19-4)21(17,18)14-8-7-13(20-14)11-15-3/h7-8,12,15H,5-6,9-11H2,1-4H3. The summed E-state index contributed by atoms with van der Waals surface area (Å²) in [6, 6.07) is 3.15. The van der Waals surface area contributed by atoms with Crippen LogP contribution in [0.2, 0.25) is 0 Å². The van der Waals surface area contributed by atoms with Crippen LogP contribution in [0.25, 0.3) is 0 Å². The minimum atomic E-state index is -3.64. The van der Waals surface area contributed by atoms with Crippen LogP contribution in [0, 0.1) is 0 Å². The van der Waals surface area contributed by atoms with E-state index in [-0.39, 0.29) is 11.1 Å². The van der Waals surface area contributed by atoms with Crippen molar-refractivity contribution < 1.29 is 17.6 Å². The highest BCUT2D eigenvalue weighted by Crippen LogP contribution is 2.23. The maximum Gasteiger partial charge on any atom is 0.276 e. The highest BCUT2D eigenvalue weighted by molar-refractivity contribution is 7.89. The summed E-state index contributed by atoms with van der Waals surface area (Å²) in [7, 11) is -0.287.